The van der Waals surface area contributed by atoms with Crippen LogP contribution >= 0.6 is 0 Å². The van der Waals surface area contributed by atoms with Crippen LogP contribution in [0.2, 0.25) is 0 Å². The summed E-state index contributed by atoms with van der Waals surface area (Å²) >= 11 is 0. The van der Waals surface area contributed by atoms with Crippen molar-refractivity contribution in [1.82, 2.24) is 10.1 Å². The van der Waals surface area contributed by atoms with Gasteiger partial charge in [0.05, 0.1) is 0 Å². The fraction of sp³-hybridized carbons (Fsp3) is 0.333. The van der Waals surface area contributed by atoms with Gasteiger partial charge in [-0.15, -0.1) is 0 Å². The van der Waals surface area contributed by atoms with E-state index in [1.807, 2.05) is 24.3 Å². The Morgan fingerprint density at radius 2 is 1.94 bits per heavy atom. The van der Waals surface area contributed by atoms with E-state index in [4.69, 9.17) is 9.63 Å². The predicted octanol–water partition coefficient (Wildman–Crippen LogP) is 2.35. The monoisotopic (exact) mass is 218 g/mol. The van der Waals surface area contributed by atoms with Crippen LogP contribution in [-0.2, 0) is 6.61 Å². The first-order valence-corrected chi connectivity index (χ1v) is 5.24. The number of rotatable bonds is 3. The van der Waals surface area contributed by atoms with Gasteiger partial charge in [0.15, 0.2) is 5.82 Å². The van der Waals surface area contributed by atoms with E-state index >= 15 is 0 Å². The molecule has 1 aromatic heterocycles. The van der Waals surface area contributed by atoms with Gasteiger partial charge < -0.3 is 9.63 Å². The Kier molecular flexibility index (Phi) is 3.01. The molecule has 4 nitrogen and oxygen atoms in total. The number of hydrogen-bond donors (Lipinski definition) is 1. The van der Waals surface area contributed by atoms with Crippen LogP contribution in [0.1, 0.15) is 31.2 Å². The summed E-state index contributed by atoms with van der Waals surface area (Å²) in [6, 6.07) is 7.99. The summed E-state index contributed by atoms with van der Waals surface area (Å²) in [5, 5.41) is 12.5. The van der Waals surface area contributed by atoms with Gasteiger partial charge in [-0.3, -0.25) is 0 Å². The molecule has 1 aromatic carbocycles. The first-order chi connectivity index (χ1) is 7.70. The van der Waals surface area contributed by atoms with E-state index in [1.165, 1.54) is 5.56 Å². The molecule has 2 rings (SSSR count). The van der Waals surface area contributed by atoms with Crippen LogP contribution < -0.4 is 0 Å². The molecule has 0 aliphatic carbocycles. The zero-order valence-corrected chi connectivity index (χ0v) is 9.34. The van der Waals surface area contributed by atoms with E-state index in [0.717, 1.165) is 5.56 Å². The standard InChI is InChI=1S/C12H14N2O2/c1-8(2)9-3-5-10(6-4-9)12-13-11(7-15)14-16-12/h3-6,8,15H,7H2,1-2H3. The molecule has 0 bridgehead atoms. The summed E-state index contributed by atoms with van der Waals surface area (Å²) < 4.78 is 5.02. The lowest BCUT2D eigenvalue weighted by molar-refractivity contribution is 0.264. The molecule has 0 aliphatic heterocycles. The van der Waals surface area contributed by atoms with Crippen LogP contribution in [0.25, 0.3) is 11.5 Å². The van der Waals surface area contributed by atoms with Gasteiger partial charge in [0.2, 0.25) is 0 Å². The van der Waals surface area contributed by atoms with Gasteiger partial charge in [-0.2, -0.15) is 4.98 Å². The highest BCUT2D eigenvalue weighted by atomic mass is 16.5. The van der Waals surface area contributed by atoms with Gasteiger partial charge in [-0.05, 0) is 23.6 Å². The molecule has 0 amide bonds. The average molecular weight is 218 g/mol. The molecule has 0 saturated carbocycles. The third-order valence-corrected chi connectivity index (χ3v) is 2.43. The summed E-state index contributed by atoms with van der Waals surface area (Å²) in [6.45, 7) is 4.09. The predicted molar refractivity (Wildman–Crippen MR) is 59.7 cm³/mol. The number of aliphatic hydroxyl groups is 1. The zero-order valence-electron chi connectivity index (χ0n) is 9.34. The van der Waals surface area contributed by atoms with Crippen LogP contribution in [0.15, 0.2) is 28.8 Å². The minimum atomic E-state index is -0.201. The molecule has 1 heterocycles. The Labute approximate surface area is 93.9 Å². The lowest BCUT2D eigenvalue weighted by Gasteiger charge is -2.04. The third kappa shape index (κ3) is 2.12. The van der Waals surface area contributed by atoms with E-state index in [-0.39, 0.29) is 6.61 Å². The van der Waals surface area contributed by atoms with Crippen LogP contribution in [0.3, 0.4) is 0 Å². The van der Waals surface area contributed by atoms with E-state index in [1.54, 1.807) is 0 Å². The van der Waals surface area contributed by atoms with Crippen molar-refractivity contribution in [2.75, 3.05) is 0 Å². The summed E-state index contributed by atoms with van der Waals surface area (Å²) in [7, 11) is 0. The fourth-order valence-corrected chi connectivity index (χ4v) is 1.45. The molecule has 0 aliphatic rings. The first-order valence-electron chi connectivity index (χ1n) is 5.24. The summed E-state index contributed by atoms with van der Waals surface area (Å²) in [5.41, 5.74) is 2.14. The van der Waals surface area contributed by atoms with Gasteiger partial charge in [0, 0.05) is 5.56 Å². The quantitative estimate of drug-likeness (QED) is 0.859. The molecule has 0 unspecified atom stereocenters. The molecule has 0 spiro atoms. The molecule has 4 heteroatoms. The highest BCUT2D eigenvalue weighted by Gasteiger charge is 2.08. The van der Waals surface area contributed by atoms with Crippen LogP contribution in [-0.4, -0.2) is 15.2 Å². The number of aliphatic hydroxyl groups excluding tert-OH is 1. The van der Waals surface area contributed by atoms with Crippen LogP contribution in [0, 0.1) is 0 Å². The van der Waals surface area contributed by atoms with Gasteiger partial charge >= 0.3 is 0 Å². The minimum Gasteiger partial charge on any atom is -0.388 e. The lowest BCUT2D eigenvalue weighted by Crippen LogP contribution is -1.87. The summed E-state index contributed by atoms with van der Waals surface area (Å²) in [4.78, 5) is 4.05. The smallest absolute Gasteiger partial charge is 0.258 e. The van der Waals surface area contributed by atoms with Gasteiger partial charge in [0.1, 0.15) is 6.61 Å². The Morgan fingerprint density at radius 3 is 2.44 bits per heavy atom. The van der Waals surface area contributed by atoms with Crippen molar-refractivity contribution in [2.45, 2.75) is 26.4 Å². The maximum Gasteiger partial charge on any atom is 0.258 e. The number of hydrogen-bond acceptors (Lipinski definition) is 4. The molecule has 0 saturated heterocycles. The second kappa shape index (κ2) is 4.45. The topological polar surface area (TPSA) is 59.2 Å². The first kappa shape index (κ1) is 10.8. The van der Waals surface area contributed by atoms with Crippen molar-refractivity contribution in [1.29, 1.82) is 0 Å². The van der Waals surface area contributed by atoms with Crippen molar-refractivity contribution in [3.8, 4) is 11.5 Å². The molecule has 0 fully saturated rings. The molecule has 16 heavy (non-hydrogen) atoms. The Morgan fingerprint density at radius 1 is 1.25 bits per heavy atom. The van der Waals surface area contributed by atoms with Crippen molar-refractivity contribution in [3.05, 3.63) is 35.7 Å². The molecule has 2 aromatic rings. The number of benzene rings is 1. The second-order valence-corrected chi connectivity index (χ2v) is 3.95. The van der Waals surface area contributed by atoms with Gasteiger partial charge in [-0.25, -0.2) is 0 Å². The third-order valence-electron chi connectivity index (χ3n) is 2.43. The highest BCUT2D eigenvalue weighted by molar-refractivity contribution is 5.53. The fourth-order valence-electron chi connectivity index (χ4n) is 1.45. The number of aromatic nitrogens is 2. The van der Waals surface area contributed by atoms with E-state index < -0.39 is 0 Å². The average Bonchev–Trinajstić information content (AvgIpc) is 2.77. The maximum absolute atomic E-state index is 8.83. The van der Waals surface area contributed by atoms with E-state index in [9.17, 15) is 0 Å². The largest absolute Gasteiger partial charge is 0.388 e. The van der Waals surface area contributed by atoms with Crippen molar-refractivity contribution in [3.63, 3.8) is 0 Å². The molecular weight excluding hydrogens is 204 g/mol. The summed E-state index contributed by atoms with van der Waals surface area (Å²) in [6.07, 6.45) is 0. The van der Waals surface area contributed by atoms with Crippen molar-refractivity contribution in [2.24, 2.45) is 0 Å². The minimum absolute atomic E-state index is 0.201. The molecule has 0 atom stereocenters. The molecule has 1 N–H and O–H groups in total. The van der Waals surface area contributed by atoms with Gasteiger partial charge in [0.25, 0.3) is 5.89 Å². The second-order valence-electron chi connectivity index (χ2n) is 3.95. The van der Waals surface area contributed by atoms with Crippen LogP contribution in [0.4, 0.5) is 0 Å². The summed E-state index contributed by atoms with van der Waals surface area (Å²) in [5.74, 6) is 1.26. The maximum atomic E-state index is 8.83. The number of nitrogens with zero attached hydrogens (tertiary/aromatic N) is 2. The SMILES string of the molecule is CC(C)c1ccc(-c2nc(CO)no2)cc1. The molecule has 84 valence electrons. The van der Waals surface area contributed by atoms with Crippen molar-refractivity contribution >= 4 is 0 Å². The Hall–Kier alpha value is -1.68. The van der Waals surface area contributed by atoms with Crippen LogP contribution in [0.5, 0.6) is 0 Å². The molecular formula is C12H14N2O2. The van der Waals surface area contributed by atoms with Crippen molar-refractivity contribution < 1.29 is 9.63 Å². The highest BCUT2D eigenvalue weighted by Crippen LogP contribution is 2.21. The lowest BCUT2D eigenvalue weighted by atomic mass is 10.0. The van der Waals surface area contributed by atoms with E-state index in [0.29, 0.717) is 17.6 Å². The zero-order chi connectivity index (χ0) is 11.5. The Balaban J connectivity index is 2.27. The normalized spacial score (nSPS) is 11.0. The van der Waals surface area contributed by atoms with E-state index in [2.05, 4.69) is 24.0 Å². The molecule has 0 radical (unpaired) electrons. The van der Waals surface area contributed by atoms with Gasteiger partial charge in [-0.1, -0.05) is 31.1 Å². The Bertz CT molecular complexity index is 460.